The summed E-state index contributed by atoms with van der Waals surface area (Å²) in [7, 11) is -1.05. The molecule has 1 fully saturated rings. The first-order valence-electron chi connectivity index (χ1n) is 7.71. The summed E-state index contributed by atoms with van der Waals surface area (Å²) in [4.78, 5) is 0. The van der Waals surface area contributed by atoms with Crippen LogP contribution < -0.4 is 5.46 Å². The van der Waals surface area contributed by atoms with Gasteiger partial charge >= 0.3 is 13.3 Å². The number of alkyl halides is 3. The number of hydrogen-bond acceptors (Lipinski definition) is 2. The molecule has 7 heteroatoms. The molecular weight excluding hydrogens is 318 g/mol. The highest BCUT2D eigenvalue weighted by atomic mass is 19.4. The fourth-order valence-electron chi connectivity index (χ4n) is 2.63. The molecule has 3 nitrogen and oxygen atoms in total. The van der Waals surface area contributed by atoms with Crippen LogP contribution in [0.1, 0.15) is 33.3 Å². The normalized spacial score (nSPS) is 19.7. The molecule has 1 aliphatic rings. The third-order valence-electron chi connectivity index (χ3n) is 4.75. The van der Waals surface area contributed by atoms with Crippen LogP contribution >= 0.6 is 0 Å². The number of benzene rings is 1. The van der Waals surface area contributed by atoms with Crippen LogP contribution in [0.4, 0.5) is 13.2 Å². The Morgan fingerprint density at radius 1 is 0.958 bits per heavy atom. The van der Waals surface area contributed by atoms with Crippen molar-refractivity contribution in [3.05, 3.63) is 48.3 Å². The van der Waals surface area contributed by atoms with Crippen LogP contribution in [-0.4, -0.2) is 22.9 Å². The van der Waals surface area contributed by atoms with Crippen LogP contribution in [-0.2, 0) is 15.5 Å². The van der Waals surface area contributed by atoms with E-state index in [0.717, 1.165) is 6.07 Å². The van der Waals surface area contributed by atoms with E-state index in [1.165, 1.54) is 6.07 Å². The van der Waals surface area contributed by atoms with Gasteiger partial charge in [0, 0.05) is 18.1 Å². The summed E-state index contributed by atoms with van der Waals surface area (Å²) in [6.07, 6.45) is -1.10. The minimum atomic E-state index is -4.50. The second-order valence-corrected chi connectivity index (χ2v) is 6.95. The molecule has 24 heavy (non-hydrogen) atoms. The molecule has 0 N–H and O–H groups in total. The Labute approximate surface area is 139 Å². The van der Waals surface area contributed by atoms with Crippen LogP contribution in [0.5, 0.6) is 0 Å². The number of aromatic nitrogens is 1. The maximum Gasteiger partial charge on any atom is 0.495 e. The Kier molecular flexibility index (Phi) is 3.84. The van der Waals surface area contributed by atoms with Gasteiger partial charge in [0.1, 0.15) is 0 Å². The lowest BCUT2D eigenvalue weighted by molar-refractivity contribution is -0.136. The second kappa shape index (κ2) is 5.39. The van der Waals surface area contributed by atoms with Crippen molar-refractivity contribution in [2.45, 2.75) is 45.1 Å². The molecule has 1 aliphatic heterocycles. The number of halogens is 3. The molecule has 0 bridgehead atoms. The molecule has 0 amide bonds. The summed E-state index contributed by atoms with van der Waals surface area (Å²) in [5.41, 5.74) is -1.70. The van der Waals surface area contributed by atoms with Crippen molar-refractivity contribution in [3.8, 4) is 5.69 Å². The van der Waals surface area contributed by atoms with Gasteiger partial charge in [-0.05, 0) is 57.4 Å². The van der Waals surface area contributed by atoms with E-state index in [1.807, 2.05) is 27.7 Å². The highest BCUT2D eigenvalue weighted by Gasteiger charge is 2.53. The van der Waals surface area contributed by atoms with Crippen molar-refractivity contribution in [1.82, 2.24) is 4.57 Å². The van der Waals surface area contributed by atoms with Gasteiger partial charge in [-0.1, -0.05) is 6.07 Å². The van der Waals surface area contributed by atoms with Crippen molar-refractivity contribution in [3.63, 3.8) is 0 Å². The Morgan fingerprint density at radius 3 is 2.00 bits per heavy atom. The Bertz CT molecular complexity index is 723. The first-order chi connectivity index (χ1) is 11.0. The van der Waals surface area contributed by atoms with Gasteiger partial charge in [-0.2, -0.15) is 13.2 Å². The fraction of sp³-hybridized carbons (Fsp3) is 0.412. The van der Waals surface area contributed by atoms with E-state index in [-0.39, 0.29) is 5.46 Å². The zero-order valence-electron chi connectivity index (χ0n) is 14.0. The Balaban J connectivity index is 2.06. The number of hydrogen-bond donors (Lipinski definition) is 0. The van der Waals surface area contributed by atoms with E-state index in [2.05, 4.69) is 0 Å². The van der Waals surface area contributed by atoms with E-state index in [4.69, 9.17) is 9.31 Å². The average molecular weight is 337 g/mol. The van der Waals surface area contributed by atoms with Crippen LogP contribution in [0, 0.1) is 0 Å². The monoisotopic (exact) mass is 337 g/mol. The molecule has 0 unspecified atom stereocenters. The van der Waals surface area contributed by atoms with Gasteiger partial charge in [0.2, 0.25) is 0 Å². The summed E-state index contributed by atoms with van der Waals surface area (Å²) in [6.45, 7) is 7.26. The molecular formula is C17H19BF3NO2. The van der Waals surface area contributed by atoms with Crippen LogP contribution in [0.25, 0.3) is 5.69 Å². The van der Waals surface area contributed by atoms with Crippen LogP contribution in [0.2, 0.25) is 0 Å². The third-order valence-corrected chi connectivity index (χ3v) is 4.75. The summed E-state index contributed by atoms with van der Waals surface area (Å²) < 4.78 is 54.0. The smallest absolute Gasteiger partial charge is 0.399 e. The largest absolute Gasteiger partial charge is 0.495 e. The maximum atomic E-state index is 13.6. The highest BCUT2D eigenvalue weighted by Crippen LogP contribution is 2.38. The summed E-state index contributed by atoms with van der Waals surface area (Å²) in [6, 6.07) is 7.71. The summed E-state index contributed by atoms with van der Waals surface area (Å²) in [5.74, 6) is 0. The minimum Gasteiger partial charge on any atom is -0.399 e. The van der Waals surface area contributed by atoms with Gasteiger partial charge in [-0.25, -0.2) is 0 Å². The van der Waals surface area contributed by atoms with E-state index in [9.17, 15) is 13.2 Å². The molecule has 0 radical (unpaired) electrons. The predicted octanol–water partition coefficient (Wildman–Crippen LogP) is 3.80. The Morgan fingerprint density at radius 2 is 1.50 bits per heavy atom. The molecule has 128 valence electrons. The van der Waals surface area contributed by atoms with Crippen molar-refractivity contribution in [2.24, 2.45) is 0 Å². The van der Waals surface area contributed by atoms with Gasteiger partial charge in [0.15, 0.2) is 0 Å². The first-order valence-corrected chi connectivity index (χ1v) is 7.71. The molecule has 2 heterocycles. The summed E-state index contributed by atoms with van der Waals surface area (Å²) in [5, 5.41) is 0. The van der Waals surface area contributed by atoms with E-state index >= 15 is 0 Å². The standard InChI is InChI=1S/C17H19BF3NO2/c1-15(2)16(3,4)24-18(23-15)14-8-7-12(22-9-5-6-10-22)11-13(14)17(19,20)21/h5-11H,1-4H3. The van der Waals surface area contributed by atoms with Crippen LogP contribution in [0.15, 0.2) is 42.7 Å². The number of nitrogens with zero attached hydrogens (tertiary/aromatic N) is 1. The zero-order valence-corrected chi connectivity index (χ0v) is 14.0. The minimum absolute atomic E-state index is 0.00273. The van der Waals surface area contributed by atoms with Gasteiger partial charge in [-0.15, -0.1) is 0 Å². The van der Waals surface area contributed by atoms with Crippen molar-refractivity contribution >= 4 is 12.6 Å². The molecule has 1 aromatic carbocycles. The zero-order chi connectivity index (χ0) is 17.8. The maximum absolute atomic E-state index is 13.6. The van der Waals surface area contributed by atoms with Gasteiger partial charge < -0.3 is 13.9 Å². The van der Waals surface area contributed by atoms with E-state index < -0.39 is 30.1 Å². The lowest BCUT2D eigenvalue weighted by atomic mass is 9.75. The summed E-state index contributed by atoms with van der Waals surface area (Å²) >= 11 is 0. The van der Waals surface area contributed by atoms with Crippen LogP contribution in [0.3, 0.4) is 0 Å². The molecule has 0 atom stereocenters. The lowest BCUT2D eigenvalue weighted by Gasteiger charge is -2.32. The van der Waals surface area contributed by atoms with Crippen molar-refractivity contribution < 1.29 is 22.5 Å². The highest BCUT2D eigenvalue weighted by molar-refractivity contribution is 6.62. The molecule has 2 aromatic rings. The topological polar surface area (TPSA) is 23.4 Å². The fourth-order valence-corrected chi connectivity index (χ4v) is 2.63. The van der Waals surface area contributed by atoms with Crippen molar-refractivity contribution in [1.29, 1.82) is 0 Å². The third kappa shape index (κ3) is 2.87. The Hall–Kier alpha value is -1.73. The van der Waals surface area contributed by atoms with Gasteiger partial charge in [-0.3, -0.25) is 0 Å². The second-order valence-electron chi connectivity index (χ2n) is 6.95. The molecule has 0 saturated carbocycles. The molecule has 0 aliphatic carbocycles. The average Bonchev–Trinajstić information content (AvgIpc) is 3.04. The molecule has 0 spiro atoms. The van der Waals surface area contributed by atoms with Gasteiger partial charge in [0.05, 0.1) is 16.8 Å². The van der Waals surface area contributed by atoms with E-state index in [1.54, 1.807) is 35.2 Å². The molecule has 1 aromatic heterocycles. The van der Waals surface area contributed by atoms with Crippen molar-refractivity contribution in [2.75, 3.05) is 0 Å². The number of rotatable bonds is 2. The SMILES string of the molecule is CC1(C)OB(c2ccc(-n3cccc3)cc2C(F)(F)F)OC1(C)C. The lowest BCUT2D eigenvalue weighted by Crippen LogP contribution is -2.41. The first kappa shape index (κ1) is 17.1. The molecule has 3 rings (SSSR count). The quantitative estimate of drug-likeness (QED) is 0.779. The predicted molar refractivity (Wildman–Crippen MR) is 86.5 cm³/mol. The van der Waals surface area contributed by atoms with Gasteiger partial charge in [0.25, 0.3) is 0 Å². The molecule has 1 saturated heterocycles. The van der Waals surface area contributed by atoms with E-state index in [0.29, 0.717) is 5.69 Å².